The summed E-state index contributed by atoms with van der Waals surface area (Å²) in [7, 11) is 1.27. The quantitative estimate of drug-likeness (QED) is 0.195. The number of cyclic esters (lactones) is 1. The van der Waals surface area contributed by atoms with Gasteiger partial charge in [-0.1, -0.05) is 26.0 Å². The summed E-state index contributed by atoms with van der Waals surface area (Å²) < 4.78 is 107. The predicted molar refractivity (Wildman–Crippen MR) is 160 cm³/mol. The molecular formula is C35H32F7NO4. The van der Waals surface area contributed by atoms with E-state index in [1.165, 1.54) is 31.1 Å². The number of carbonyl (C=O) groups is 2. The summed E-state index contributed by atoms with van der Waals surface area (Å²) in [6.45, 7) is 5.58. The van der Waals surface area contributed by atoms with Crippen LogP contribution in [-0.2, 0) is 21.8 Å². The largest absolute Gasteiger partial charge is 0.465 e. The van der Waals surface area contributed by atoms with Crippen molar-refractivity contribution < 1.29 is 49.8 Å². The summed E-state index contributed by atoms with van der Waals surface area (Å²) in [6.07, 6.45) is -10.6. The minimum Gasteiger partial charge on any atom is -0.465 e. The van der Waals surface area contributed by atoms with Crippen molar-refractivity contribution in [2.75, 3.05) is 13.7 Å². The van der Waals surface area contributed by atoms with E-state index in [0.29, 0.717) is 47.2 Å². The second-order valence-corrected chi connectivity index (χ2v) is 12.7. The van der Waals surface area contributed by atoms with Gasteiger partial charge in [0.05, 0.1) is 29.8 Å². The molecule has 0 bridgehead atoms. The monoisotopic (exact) mass is 663 g/mol. The van der Waals surface area contributed by atoms with Gasteiger partial charge in [0.1, 0.15) is 11.9 Å². The highest BCUT2D eigenvalue weighted by Gasteiger charge is 2.44. The summed E-state index contributed by atoms with van der Waals surface area (Å²) in [5, 5.41) is 0. The molecule has 0 aromatic heterocycles. The van der Waals surface area contributed by atoms with E-state index in [-0.39, 0.29) is 18.0 Å². The minimum atomic E-state index is -5.05. The predicted octanol–water partition coefficient (Wildman–Crippen LogP) is 9.86. The fraction of sp³-hybridized carbons (Fsp3) is 0.371. The molecule has 2 aliphatic rings. The lowest BCUT2D eigenvalue weighted by Crippen LogP contribution is -2.35. The molecule has 1 fully saturated rings. The molecule has 1 aliphatic carbocycles. The smallest absolute Gasteiger partial charge is 0.416 e. The molecule has 0 spiro atoms. The molecule has 0 radical (unpaired) electrons. The van der Waals surface area contributed by atoms with Crippen LogP contribution in [-0.4, -0.2) is 36.7 Å². The number of benzene rings is 3. The Kier molecular flexibility index (Phi) is 8.93. The molecule has 47 heavy (non-hydrogen) atoms. The Balaban J connectivity index is 1.50. The first kappa shape index (κ1) is 34.0. The third-order valence-corrected chi connectivity index (χ3v) is 8.75. The van der Waals surface area contributed by atoms with Crippen molar-refractivity contribution in [1.82, 2.24) is 4.90 Å². The molecule has 1 saturated heterocycles. The number of nitrogens with zero attached hydrogens (tertiary/aromatic N) is 1. The highest BCUT2D eigenvalue weighted by molar-refractivity contribution is 5.90. The van der Waals surface area contributed by atoms with Crippen molar-refractivity contribution in [2.45, 2.75) is 64.5 Å². The maximum atomic E-state index is 15.1. The lowest BCUT2D eigenvalue weighted by Gasteiger charge is -2.35. The third kappa shape index (κ3) is 7.31. The van der Waals surface area contributed by atoms with Crippen LogP contribution >= 0.6 is 0 Å². The maximum absolute atomic E-state index is 15.1. The van der Waals surface area contributed by atoms with Gasteiger partial charge in [-0.15, -0.1) is 0 Å². The number of methoxy groups -OCH3 is 1. The maximum Gasteiger partial charge on any atom is 0.416 e. The zero-order valence-corrected chi connectivity index (χ0v) is 26.0. The van der Waals surface area contributed by atoms with Gasteiger partial charge in [0.15, 0.2) is 0 Å². The van der Waals surface area contributed by atoms with Crippen LogP contribution < -0.4 is 0 Å². The number of amides is 1. The molecule has 1 heterocycles. The van der Waals surface area contributed by atoms with Gasteiger partial charge in [0.2, 0.25) is 0 Å². The first-order chi connectivity index (χ1) is 21.9. The zero-order chi connectivity index (χ0) is 34.5. The molecule has 3 aromatic rings. The van der Waals surface area contributed by atoms with E-state index in [0.717, 1.165) is 17.6 Å². The number of carbonyl (C=O) groups excluding carboxylic acids is 2. The summed E-state index contributed by atoms with van der Waals surface area (Å²) in [5.41, 5.74) is 0.0675. The molecular weight excluding hydrogens is 631 g/mol. The highest BCUT2D eigenvalue weighted by atomic mass is 19.4. The summed E-state index contributed by atoms with van der Waals surface area (Å²) in [6, 6.07) is 11.3. The van der Waals surface area contributed by atoms with Crippen LogP contribution in [0, 0.1) is 11.2 Å². The summed E-state index contributed by atoms with van der Waals surface area (Å²) in [5.74, 6) is -1.02. The van der Waals surface area contributed by atoms with Gasteiger partial charge in [-0.3, -0.25) is 4.90 Å². The van der Waals surface area contributed by atoms with Crippen molar-refractivity contribution in [2.24, 2.45) is 5.41 Å². The molecule has 0 unspecified atom stereocenters. The second-order valence-electron chi connectivity index (χ2n) is 12.7. The number of halogens is 7. The molecule has 5 rings (SSSR count). The first-order valence-corrected chi connectivity index (χ1v) is 14.8. The number of esters is 1. The molecule has 1 aliphatic heterocycles. The lowest BCUT2D eigenvalue weighted by atomic mass is 9.72. The van der Waals surface area contributed by atoms with Crippen LogP contribution in [0.15, 0.2) is 66.2 Å². The van der Waals surface area contributed by atoms with E-state index in [1.54, 1.807) is 30.3 Å². The van der Waals surface area contributed by atoms with Crippen LogP contribution in [0.1, 0.15) is 78.7 Å². The first-order valence-electron chi connectivity index (χ1n) is 14.8. The van der Waals surface area contributed by atoms with Gasteiger partial charge < -0.3 is 9.47 Å². The molecule has 1 amide bonds. The molecule has 5 nitrogen and oxygen atoms in total. The number of ether oxygens (including phenoxy) is 2. The molecule has 3 aromatic carbocycles. The Bertz CT molecular complexity index is 1690. The lowest BCUT2D eigenvalue weighted by molar-refractivity contribution is -0.143. The van der Waals surface area contributed by atoms with Crippen molar-refractivity contribution in [3.8, 4) is 11.1 Å². The minimum absolute atomic E-state index is 0.0139. The van der Waals surface area contributed by atoms with Crippen LogP contribution in [0.5, 0.6) is 0 Å². The molecule has 2 atom stereocenters. The van der Waals surface area contributed by atoms with E-state index < -0.39 is 59.1 Å². The van der Waals surface area contributed by atoms with Gasteiger partial charge >= 0.3 is 24.4 Å². The van der Waals surface area contributed by atoms with Crippen LogP contribution in [0.2, 0.25) is 0 Å². The number of hydrogen-bond acceptors (Lipinski definition) is 4. The van der Waals surface area contributed by atoms with E-state index >= 15 is 4.39 Å². The van der Waals surface area contributed by atoms with E-state index in [4.69, 9.17) is 9.47 Å². The van der Waals surface area contributed by atoms with Crippen LogP contribution in [0.3, 0.4) is 0 Å². The van der Waals surface area contributed by atoms with Crippen molar-refractivity contribution in [1.29, 1.82) is 0 Å². The molecule has 250 valence electrons. The Morgan fingerprint density at radius 3 is 2.09 bits per heavy atom. The number of rotatable bonds is 6. The standard InChI is InChI=1S/C35H32F7NO4/c1-19-30(24-12-26(34(37,38)39)16-27(13-24)35(40,41)42)47-32(45)43(19)18-25-17-33(2,3)10-9-29(25)23-11-22(14-28(36)15-23)20-5-7-21(8-6-20)31(44)46-4/h5-8,11-16,19,30H,9-10,17-18H2,1-4H3/t19-,30-/m0/s1. The topological polar surface area (TPSA) is 55.8 Å². The van der Waals surface area contributed by atoms with E-state index in [9.17, 15) is 35.9 Å². The van der Waals surface area contributed by atoms with Gasteiger partial charge in [-0.25, -0.2) is 14.0 Å². The fourth-order valence-corrected chi connectivity index (χ4v) is 6.27. The summed E-state index contributed by atoms with van der Waals surface area (Å²) in [4.78, 5) is 26.3. The van der Waals surface area contributed by atoms with Crippen LogP contribution in [0.4, 0.5) is 35.5 Å². The van der Waals surface area contributed by atoms with Crippen molar-refractivity contribution in [3.63, 3.8) is 0 Å². The summed E-state index contributed by atoms with van der Waals surface area (Å²) >= 11 is 0. The average molecular weight is 664 g/mol. The van der Waals surface area contributed by atoms with Crippen molar-refractivity contribution >= 4 is 17.6 Å². The Labute approximate surface area is 267 Å². The fourth-order valence-electron chi connectivity index (χ4n) is 6.27. The van der Waals surface area contributed by atoms with E-state index in [1.807, 2.05) is 13.8 Å². The van der Waals surface area contributed by atoms with Gasteiger partial charge in [0, 0.05) is 6.54 Å². The third-order valence-electron chi connectivity index (χ3n) is 8.75. The zero-order valence-electron chi connectivity index (χ0n) is 26.0. The molecule has 0 saturated carbocycles. The number of alkyl halides is 6. The molecule has 12 heteroatoms. The average Bonchev–Trinajstić information content (AvgIpc) is 3.27. The van der Waals surface area contributed by atoms with Gasteiger partial charge in [-0.05, 0) is 114 Å². The number of hydrogen-bond donors (Lipinski definition) is 0. The second kappa shape index (κ2) is 12.4. The van der Waals surface area contributed by atoms with E-state index in [2.05, 4.69) is 0 Å². The normalized spacial score (nSPS) is 20.0. The van der Waals surface area contributed by atoms with Gasteiger partial charge in [-0.2, -0.15) is 26.3 Å². The van der Waals surface area contributed by atoms with Crippen molar-refractivity contribution in [3.05, 3.63) is 99.9 Å². The Morgan fingerprint density at radius 2 is 1.51 bits per heavy atom. The SMILES string of the molecule is COC(=O)c1ccc(-c2cc(F)cc(C3=C(CN4C(=O)O[C@H](c5cc(C(F)(F)F)cc(C(F)(F)F)c5)[C@@H]4C)CC(C)(C)CC3)c2)cc1. The van der Waals surface area contributed by atoms with Gasteiger partial charge in [0.25, 0.3) is 0 Å². The molecule has 0 N–H and O–H groups in total. The Morgan fingerprint density at radius 1 is 0.915 bits per heavy atom. The van der Waals surface area contributed by atoms with Crippen LogP contribution in [0.25, 0.3) is 16.7 Å². The number of allylic oxidation sites excluding steroid dienone is 1. The highest BCUT2D eigenvalue weighted by Crippen LogP contribution is 2.45. The Hall–Kier alpha value is -4.35.